The van der Waals surface area contributed by atoms with Gasteiger partial charge in [-0.3, -0.25) is 9.89 Å². The van der Waals surface area contributed by atoms with Crippen LogP contribution in [0.2, 0.25) is 0 Å². The number of carbonyl (C=O) groups excluding carboxylic acids is 2. The summed E-state index contributed by atoms with van der Waals surface area (Å²) in [6.45, 7) is 7.95. The van der Waals surface area contributed by atoms with Crippen molar-refractivity contribution >= 4 is 12.0 Å². The highest BCUT2D eigenvalue weighted by Gasteiger charge is 2.48. The van der Waals surface area contributed by atoms with Crippen LogP contribution in [0.1, 0.15) is 57.6 Å². The van der Waals surface area contributed by atoms with E-state index in [0.717, 1.165) is 18.7 Å². The van der Waals surface area contributed by atoms with Crippen LogP contribution in [-0.4, -0.2) is 68.3 Å². The van der Waals surface area contributed by atoms with Crippen molar-refractivity contribution in [1.82, 2.24) is 25.0 Å². The molecule has 2 amide bonds. The number of hydrogen-bond donors (Lipinski definition) is 1. The summed E-state index contributed by atoms with van der Waals surface area (Å²) in [5.74, 6) is 1.55. The number of rotatable bonds is 6. The third kappa shape index (κ3) is 3.99. The highest BCUT2D eigenvalue weighted by molar-refractivity contribution is 5.76. The molecule has 2 saturated heterocycles. The monoisotopic (exact) mass is 363 g/mol. The summed E-state index contributed by atoms with van der Waals surface area (Å²) >= 11 is 0. The van der Waals surface area contributed by atoms with E-state index < -0.39 is 5.60 Å². The zero-order valence-corrected chi connectivity index (χ0v) is 16.0. The molecule has 1 N–H and O–H groups in total. The van der Waals surface area contributed by atoms with E-state index >= 15 is 0 Å². The van der Waals surface area contributed by atoms with Crippen LogP contribution in [-0.2, 0) is 16.0 Å². The zero-order chi connectivity index (χ0) is 18.7. The molecule has 2 aliphatic heterocycles. The summed E-state index contributed by atoms with van der Waals surface area (Å²) in [5.41, 5.74) is -0.420. The molecule has 2 fully saturated rings. The number of amides is 2. The lowest BCUT2D eigenvalue weighted by molar-refractivity contribution is -0.134. The lowest BCUT2D eigenvalue weighted by Gasteiger charge is -2.37. The molecule has 26 heavy (non-hydrogen) atoms. The Kier molecular flexibility index (Phi) is 5.48. The number of ether oxygens (including phenoxy) is 1. The molecule has 1 atom stereocenters. The average Bonchev–Trinajstić information content (AvgIpc) is 3.17. The lowest BCUT2D eigenvalue weighted by atomic mass is 9.90. The fourth-order valence-electron chi connectivity index (χ4n) is 3.86. The number of aryl methyl sites for hydroxylation is 2. The van der Waals surface area contributed by atoms with Crippen LogP contribution in [0.5, 0.6) is 0 Å². The second-order valence-corrected chi connectivity index (χ2v) is 7.53. The number of nitrogens with one attached hydrogen (secondary N) is 1. The molecular weight excluding hydrogens is 334 g/mol. The maximum absolute atomic E-state index is 12.4. The molecule has 0 bridgehead atoms. The highest BCUT2D eigenvalue weighted by atomic mass is 16.6. The SMILES string of the molecule is CCCC(C)N1CC2(CCN(C(=O)CCc3n[nH]c(C)n3)CC2)OC1=O. The van der Waals surface area contributed by atoms with Crippen molar-refractivity contribution in [2.75, 3.05) is 19.6 Å². The Labute approximate surface area is 154 Å². The van der Waals surface area contributed by atoms with E-state index in [2.05, 4.69) is 29.0 Å². The molecule has 8 heteroatoms. The molecule has 0 aliphatic carbocycles. The van der Waals surface area contributed by atoms with E-state index in [1.165, 1.54) is 0 Å². The standard InChI is InChI=1S/C18H29N5O3/c1-4-5-13(2)23-12-18(26-17(23)25)8-10-22(11-9-18)16(24)7-6-15-19-14(3)20-21-15/h13H,4-12H2,1-3H3,(H,19,20,21). The summed E-state index contributed by atoms with van der Waals surface area (Å²) in [5, 5.41) is 6.86. The van der Waals surface area contributed by atoms with Gasteiger partial charge in [-0.2, -0.15) is 5.10 Å². The minimum atomic E-state index is -0.420. The lowest BCUT2D eigenvalue weighted by Crippen LogP contribution is -2.49. The van der Waals surface area contributed by atoms with Gasteiger partial charge in [0.25, 0.3) is 0 Å². The fourth-order valence-corrected chi connectivity index (χ4v) is 3.86. The Morgan fingerprint density at radius 2 is 2.12 bits per heavy atom. The number of aromatic amines is 1. The average molecular weight is 363 g/mol. The molecule has 1 spiro atoms. The van der Waals surface area contributed by atoms with Crippen LogP contribution in [0.3, 0.4) is 0 Å². The van der Waals surface area contributed by atoms with Crippen LogP contribution in [0.4, 0.5) is 4.79 Å². The van der Waals surface area contributed by atoms with Crippen LogP contribution in [0.15, 0.2) is 0 Å². The molecule has 1 aromatic heterocycles. The minimum Gasteiger partial charge on any atom is -0.441 e. The molecule has 0 aromatic carbocycles. The molecule has 2 aliphatic rings. The van der Waals surface area contributed by atoms with Crippen LogP contribution in [0, 0.1) is 6.92 Å². The minimum absolute atomic E-state index is 0.114. The fraction of sp³-hybridized carbons (Fsp3) is 0.778. The number of hydrogen-bond acceptors (Lipinski definition) is 5. The van der Waals surface area contributed by atoms with Crippen LogP contribution in [0.25, 0.3) is 0 Å². The van der Waals surface area contributed by atoms with Gasteiger partial charge in [-0.25, -0.2) is 9.78 Å². The first-order valence-electron chi connectivity index (χ1n) is 9.58. The number of aromatic nitrogens is 3. The maximum atomic E-state index is 12.4. The number of piperidine rings is 1. The van der Waals surface area contributed by atoms with E-state index in [0.29, 0.717) is 51.1 Å². The predicted octanol–water partition coefficient (Wildman–Crippen LogP) is 2.05. The zero-order valence-electron chi connectivity index (χ0n) is 16.0. The van der Waals surface area contributed by atoms with Crippen molar-refractivity contribution in [3.63, 3.8) is 0 Å². The first-order valence-corrected chi connectivity index (χ1v) is 9.58. The van der Waals surface area contributed by atoms with Gasteiger partial charge in [0.05, 0.1) is 6.54 Å². The van der Waals surface area contributed by atoms with E-state index in [4.69, 9.17) is 4.74 Å². The van der Waals surface area contributed by atoms with E-state index in [1.807, 2.05) is 16.7 Å². The van der Waals surface area contributed by atoms with Gasteiger partial charge in [0.1, 0.15) is 11.4 Å². The van der Waals surface area contributed by atoms with Crippen molar-refractivity contribution < 1.29 is 14.3 Å². The van der Waals surface area contributed by atoms with Crippen molar-refractivity contribution in [1.29, 1.82) is 0 Å². The molecule has 0 saturated carbocycles. The normalized spacial score (nSPS) is 20.5. The number of carbonyl (C=O) groups is 2. The Morgan fingerprint density at radius 1 is 1.38 bits per heavy atom. The third-order valence-electron chi connectivity index (χ3n) is 5.47. The van der Waals surface area contributed by atoms with Gasteiger partial charge < -0.3 is 14.5 Å². The molecule has 144 valence electrons. The second-order valence-electron chi connectivity index (χ2n) is 7.53. The van der Waals surface area contributed by atoms with E-state index in [-0.39, 0.29) is 18.0 Å². The summed E-state index contributed by atoms with van der Waals surface area (Å²) in [6.07, 6.45) is 4.19. The van der Waals surface area contributed by atoms with Crippen molar-refractivity contribution in [2.45, 2.75) is 70.9 Å². The van der Waals surface area contributed by atoms with Gasteiger partial charge in [-0.1, -0.05) is 13.3 Å². The molecule has 1 aromatic rings. The Balaban J connectivity index is 1.49. The largest absolute Gasteiger partial charge is 0.441 e. The maximum Gasteiger partial charge on any atom is 0.410 e. The Morgan fingerprint density at radius 3 is 2.73 bits per heavy atom. The van der Waals surface area contributed by atoms with Gasteiger partial charge in [-0.05, 0) is 20.3 Å². The Hall–Kier alpha value is -2.12. The van der Waals surface area contributed by atoms with E-state index in [9.17, 15) is 9.59 Å². The van der Waals surface area contributed by atoms with Crippen molar-refractivity contribution in [3.8, 4) is 0 Å². The molecule has 3 rings (SSSR count). The molecule has 0 radical (unpaired) electrons. The number of H-pyrrole nitrogens is 1. The Bertz CT molecular complexity index is 651. The summed E-state index contributed by atoms with van der Waals surface area (Å²) < 4.78 is 5.75. The predicted molar refractivity (Wildman–Crippen MR) is 95.5 cm³/mol. The smallest absolute Gasteiger partial charge is 0.410 e. The quantitative estimate of drug-likeness (QED) is 0.835. The molecule has 3 heterocycles. The van der Waals surface area contributed by atoms with Crippen LogP contribution < -0.4 is 0 Å². The summed E-state index contributed by atoms with van der Waals surface area (Å²) in [4.78, 5) is 32.7. The number of likely N-dealkylation sites (tertiary alicyclic amines) is 1. The molecular formula is C18H29N5O3. The van der Waals surface area contributed by atoms with Crippen molar-refractivity contribution in [3.05, 3.63) is 11.6 Å². The van der Waals surface area contributed by atoms with Gasteiger partial charge in [0.15, 0.2) is 5.82 Å². The topological polar surface area (TPSA) is 91.4 Å². The van der Waals surface area contributed by atoms with Gasteiger partial charge in [-0.15, -0.1) is 0 Å². The second kappa shape index (κ2) is 7.63. The number of nitrogens with zero attached hydrogens (tertiary/aromatic N) is 4. The van der Waals surface area contributed by atoms with E-state index in [1.54, 1.807) is 0 Å². The highest BCUT2D eigenvalue weighted by Crippen LogP contribution is 2.34. The van der Waals surface area contributed by atoms with Gasteiger partial charge >= 0.3 is 6.09 Å². The van der Waals surface area contributed by atoms with Crippen LogP contribution >= 0.6 is 0 Å². The summed E-state index contributed by atoms with van der Waals surface area (Å²) in [7, 11) is 0. The first kappa shape index (κ1) is 18.7. The molecule has 8 nitrogen and oxygen atoms in total. The van der Waals surface area contributed by atoms with Crippen molar-refractivity contribution in [2.24, 2.45) is 0 Å². The first-order chi connectivity index (χ1) is 12.4. The van der Waals surface area contributed by atoms with Gasteiger partial charge in [0, 0.05) is 44.8 Å². The summed E-state index contributed by atoms with van der Waals surface area (Å²) in [6, 6.07) is 0.205. The van der Waals surface area contributed by atoms with Gasteiger partial charge in [0.2, 0.25) is 5.91 Å². The third-order valence-corrected chi connectivity index (χ3v) is 5.47. The molecule has 1 unspecified atom stereocenters.